The van der Waals surface area contributed by atoms with Crippen LogP contribution in [0.5, 0.6) is 0 Å². The number of hydrogen-bond donors (Lipinski definition) is 1. The van der Waals surface area contributed by atoms with Crippen LogP contribution in [0, 0.1) is 23.7 Å². The second-order valence-electron chi connectivity index (χ2n) is 15.1. The van der Waals surface area contributed by atoms with Gasteiger partial charge in [0.2, 0.25) is 5.91 Å². The van der Waals surface area contributed by atoms with Crippen LogP contribution in [-0.4, -0.2) is 89.7 Å². The summed E-state index contributed by atoms with van der Waals surface area (Å²) >= 11 is 1.22. The minimum Gasteiger partial charge on any atom is -0.469 e. The maximum Gasteiger partial charge on any atom is 0.308 e. The van der Waals surface area contributed by atoms with Crippen LogP contribution in [0.2, 0.25) is 0 Å². The van der Waals surface area contributed by atoms with E-state index in [1.165, 1.54) is 25.4 Å². The standard InChI is InChI=1S/C40H60N4O7S/c1-11-26(4)31(22-35(46)40(7)18-15-19-43(40)8)38(48)44(9)33(25(2)3)23-34(51-28(6)45)37-42-32(24-52-37)36(47)41-30(20-27(5)39(49)50-10)21-29-16-13-12-14-17-29/h12-14,16-17,24-27,30-31,33-34H,11,15,18-23H2,1-10H3,(H,41,47)/t26-,27-,30+,31-,33+,34+,40-/m0/s1. The number of hydrogen-bond acceptors (Lipinski definition) is 10. The van der Waals surface area contributed by atoms with Gasteiger partial charge in [0.05, 0.1) is 18.6 Å². The Morgan fingerprint density at radius 2 is 1.75 bits per heavy atom. The molecule has 0 radical (unpaired) electrons. The van der Waals surface area contributed by atoms with Crippen molar-refractivity contribution in [3.63, 3.8) is 0 Å². The lowest BCUT2D eigenvalue weighted by atomic mass is 9.80. The molecule has 7 atom stereocenters. The molecule has 2 aromatic rings. The van der Waals surface area contributed by atoms with E-state index in [9.17, 15) is 24.0 Å². The molecular weight excluding hydrogens is 681 g/mol. The van der Waals surface area contributed by atoms with Crippen molar-refractivity contribution in [3.8, 4) is 0 Å². The molecule has 52 heavy (non-hydrogen) atoms. The number of likely N-dealkylation sites (tertiary alicyclic amines) is 1. The normalized spacial score (nSPS) is 19.6. The van der Waals surface area contributed by atoms with E-state index in [2.05, 4.69) is 15.2 Å². The SMILES string of the molecule is CC[C@H](C)[C@H](CC(=O)[C@]1(C)CCCN1C)C(=O)N(C)[C@H](C[C@@H](OC(C)=O)c1nc(C(=O)N[C@@H](Cc2ccccc2)C[C@H](C)C(=O)OC)cs1)C(C)C. The van der Waals surface area contributed by atoms with E-state index in [0.29, 0.717) is 17.8 Å². The van der Waals surface area contributed by atoms with Crippen LogP contribution in [-0.2, 0) is 35.1 Å². The number of nitrogens with zero attached hydrogens (tertiary/aromatic N) is 3. The molecule has 3 rings (SSSR count). The Kier molecular flexibility index (Phi) is 16.0. The van der Waals surface area contributed by atoms with Gasteiger partial charge in [-0.15, -0.1) is 11.3 Å². The zero-order chi connectivity index (χ0) is 38.7. The third kappa shape index (κ3) is 11.2. The first-order valence-electron chi connectivity index (χ1n) is 18.6. The first-order valence-corrected chi connectivity index (χ1v) is 19.5. The molecule has 0 saturated carbocycles. The fraction of sp³-hybridized carbons (Fsp3) is 0.650. The first kappa shape index (κ1) is 42.8. The van der Waals surface area contributed by atoms with Crippen molar-refractivity contribution in [1.82, 2.24) is 20.1 Å². The number of ketones is 1. The van der Waals surface area contributed by atoms with Gasteiger partial charge in [0.1, 0.15) is 10.7 Å². The number of ether oxygens (including phenoxy) is 2. The van der Waals surface area contributed by atoms with E-state index in [-0.39, 0.29) is 60.1 Å². The van der Waals surface area contributed by atoms with Crippen molar-refractivity contribution in [2.75, 3.05) is 27.7 Å². The van der Waals surface area contributed by atoms with Gasteiger partial charge in [-0.1, -0.05) is 71.4 Å². The summed E-state index contributed by atoms with van der Waals surface area (Å²) in [6.07, 6.45) is 3.01. The molecule has 1 aliphatic heterocycles. The topological polar surface area (TPSA) is 135 Å². The van der Waals surface area contributed by atoms with E-state index in [1.807, 2.05) is 72.0 Å². The van der Waals surface area contributed by atoms with Gasteiger partial charge < -0.3 is 19.7 Å². The van der Waals surface area contributed by atoms with Crippen molar-refractivity contribution in [2.24, 2.45) is 23.7 Å². The molecular formula is C40H60N4O7S. The Balaban J connectivity index is 1.83. The average Bonchev–Trinajstić information content (AvgIpc) is 3.74. The van der Waals surface area contributed by atoms with E-state index in [4.69, 9.17) is 9.47 Å². The molecule has 1 aliphatic rings. The summed E-state index contributed by atoms with van der Waals surface area (Å²) in [4.78, 5) is 74.6. The fourth-order valence-corrected chi connectivity index (χ4v) is 8.06. The van der Waals surface area contributed by atoms with Crippen LogP contribution < -0.4 is 5.32 Å². The molecule has 0 spiro atoms. The number of nitrogens with one attached hydrogen (secondary N) is 1. The molecule has 0 bridgehead atoms. The van der Waals surface area contributed by atoms with Gasteiger partial charge in [0.15, 0.2) is 11.9 Å². The molecule has 0 unspecified atom stereocenters. The number of esters is 2. The predicted molar refractivity (Wildman–Crippen MR) is 203 cm³/mol. The van der Waals surface area contributed by atoms with Crippen LogP contribution in [0.3, 0.4) is 0 Å². The van der Waals surface area contributed by atoms with Gasteiger partial charge in [-0.2, -0.15) is 0 Å². The highest BCUT2D eigenvalue weighted by molar-refractivity contribution is 7.09. The Bertz CT molecular complexity index is 1510. The van der Waals surface area contributed by atoms with E-state index in [0.717, 1.165) is 31.4 Å². The summed E-state index contributed by atoms with van der Waals surface area (Å²) in [5.41, 5.74) is 0.614. The summed E-state index contributed by atoms with van der Waals surface area (Å²) in [6.45, 7) is 14.0. The smallest absolute Gasteiger partial charge is 0.308 e. The maximum atomic E-state index is 14.3. The molecule has 2 amide bonds. The predicted octanol–water partition coefficient (Wildman–Crippen LogP) is 6.27. The van der Waals surface area contributed by atoms with Crippen molar-refractivity contribution in [1.29, 1.82) is 0 Å². The number of aromatic nitrogens is 1. The fourth-order valence-electron chi connectivity index (χ4n) is 7.22. The highest BCUT2D eigenvalue weighted by Gasteiger charge is 2.44. The van der Waals surface area contributed by atoms with Gasteiger partial charge in [0, 0.05) is 50.2 Å². The van der Waals surface area contributed by atoms with Crippen molar-refractivity contribution in [3.05, 3.63) is 52.0 Å². The molecule has 1 N–H and O–H groups in total. The van der Waals surface area contributed by atoms with Crippen LogP contribution in [0.4, 0.5) is 0 Å². The van der Waals surface area contributed by atoms with Crippen LogP contribution in [0.1, 0.15) is 114 Å². The molecule has 1 fully saturated rings. The minimum absolute atomic E-state index is 0.00681. The summed E-state index contributed by atoms with van der Waals surface area (Å²) in [5.74, 6) is -2.20. The quantitative estimate of drug-likeness (QED) is 0.166. The Morgan fingerprint density at radius 1 is 1.08 bits per heavy atom. The lowest BCUT2D eigenvalue weighted by molar-refractivity contribution is -0.150. The van der Waals surface area contributed by atoms with Gasteiger partial charge in [-0.05, 0) is 63.6 Å². The van der Waals surface area contributed by atoms with Gasteiger partial charge in [-0.3, -0.25) is 28.9 Å². The lowest BCUT2D eigenvalue weighted by Gasteiger charge is -2.38. The maximum absolute atomic E-state index is 14.3. The summed E-state index contributed by atoms with van der Waals surface area (Å²) < 4.78 is 10.7. The third-order valence-electron chi connectivity index (χ3n) is 11.0. The van der Waals surface area contributed by atoms with E-state index >= 15 is 0 Å². The van der Waals surface area contributed by atoms with Crippen LogP contribution >= 0.6 is 11.3 Å². The number of benzene rings is 1. The summed E-state index contributed by atoms with van der Waals surface area (Å²) in [6, 6.07) is 8.99. The number of Topliss-reactive ketones (excluding diaryl/α,β-unsaturated/α-hetero) is 1. The van der Waals surface area contributed by atoms with Gasteiger partial charge in [0.25, 0.3) is 5.91 Å². The lowest BCUT2D eigenvalue weighted by Crippen LogP contribution is -2.50. The number of likely N-dealkylation sites (N-methyl/N-ethyl adjacent to an activating group) is 1. The molecule has 0 aliphatic carbocycles. The van der Waals surface area contributed by atoms with Crippen LogP contribution in [0.15, 0.2) is 35.7 Å². The van der Waals surface area contributed by atoms with Crippen molar-refractivity contribution in [2.45, 2.75) is 117 Å². The highest BCUT2D eigenvalue weighted by Crippen LogP contribution is 2.35. The highest BCUT2D eigenvalue weighted by atomic mass is 32.1. The minimum atomic E-state index is -0.805. The zero-order valence-electron chi connectivity index (χ0n) is 32.8. The second-order valence-corrected chi connectivity index (χ2v) is 16.0. The molecule has 11 nitrogen and oxygen atoms in total. The molecule has 1 saturated heterocycles. The zero-order valence-corrected chi connectivity index (χ0v) is 33.6. The number of rotatable bonds is 19. The van der Waals surface area contributed by atoms with Crippen molar-refractivity contribution < 1.29 is 33.4 Å². The number of carbonyl (C=O) groups is 5. The summed E-state index contributed by atoms with van der Waals surface area (Å²) in [5, 5.41) is 5.13. The molecule has 1 aromatic heterocycles. The molecule has 12 heteroatoms. The largest absolute Gasteiger partial charge is 0.469 e. The number of thiazole rings is 1. The van der Waals surface area contributed by atoms with E-state index in [1.54, 1.807) is 24.3 Å². The van der Waals surface area contributed by atoms with Gasteiger partial charge in [-0.25, -0.2) is 4.98 Å². The third-order valence-corrected chi connectivity index (χ3v) is 11.9. The summed E-state index contributed by atoms with van der Waals surface area (Å²) in [7, 11) is 5.09. The Morgan fingerprint density at radius 3 is 2.31 bits per heavy atom. The monoisotopic (exact) mass is 740 g/mol. The number of amides is 2. The molecule has 288 valence electrons. The molecule has 1 aromatic carbocycles. The first-order chi connectivity index (χ1) is 24.5. The molecule has 2 heterocycles. The van der Waals surface area contributed by atoms with Gasteiger partial charge >= 0.3 is 11.9 Å². The van der Waals surface area contributed by atoms with Crippen molar-refractivity contribution >= 4 is 40.9 Å². The second kappa shape index (κ2) is 19.4. The number of carbonyl (C=O) groups excluding carboxylic acids is 5. The van der Waals surface area contributed by atoms with Crippen LogP contribution in [0.25, 0.3) is 0 Å². The average molecular weight is 741 g/mol. The van der Waals surface area contributed by atoms with E-state index < -0.39 is 35.4 Å². The Hall–Kier alpha value is -3.64. The Labute approximate surface area is 314 Å². The number of methoxy groups -OCH3 is 1.